The van der Waals surface area contributed by atoms with Crippen LogP contribution in [0, 0.1) is 0 Å². The van der Waals surface area contributed by atoms with E-state index in [9.17, 15) is 0 Å². The molecule has 1 N–H and O–H groups in total. The Morgan fingerprint density at radius 1 is 0.944 bits per heavy atom. The molecule has 0 aliphatic carbocycles. The van der Waals surface area contributed by atoms with Crippen molar-refractivity contribution in [3.05, 3.63) is 48.5 Å². The first-order valence-corrected chi connectivity index (χ1v) is 5.92. The molecule has 0 heterocycles. The molecule has 0 radical (unpaired) electrons. The molecule has 3 nitrogen and oxygen atoms in total. The van der Waals surface area contributed by atoms with Crippen LogP contribution in [0.2, 0.25) is 0 Å². The SMILES string of the molecule is CNc1ccc(Oc2cccc(N(C)C)c2)cc1. The van der Waals surface area contributed by atoms with Crippen molar-refractivity contribution in [3.63, 3.8) is 0 Å². The van der Waals surface area contributed by atoms with Gasteiger partial charge in [-0.3, -0.25) is 0 Å². The molecule has 0 aromatic heterocycles. The third kappa shape index (κ3) is 2.94. The van der Waals surface area contributed by atoms with Crippen LogP contribution in [0.25, 0.3) is 0 Å². The third-order valence-corrected chi connectivity index (χ3v) is 2.71. The van der Waals surface area contributed by atoms with Gasteiger partial charge in [0.2, 0.25) is 0 Å². The lowest BCUT2D eigenvalue weighted by molar-refractivity contribution is 0.483. The summed E-state index contributed by atoms with van der Waals surface area (Å²) in [5.74, 6) is 1.68. The highest BCUT2D eigenvalue weighted by atomic mass is 16.5. The maximum Gasteiger partial charge on any atom is 0.129 e. The lowest BCUT2D eigenvalue weighted by Crippen LogP contribution is -2.08. The molecule has 0 bridgehead atoms. The van der Waals surface area contributed by atoms with E-state index in [2.05, 4.69) is 16.3 Å². The molecule has 2 aromatic rings. The number of benzene rings is 2. The Morgan fingerprint density at radius 2 is 1.67 bits per heavy atom. The van der Waals surface area contributed by atoms with E-state index in [1.165, 1.54) is 0 Å². The molecule has 2 aromatic carbocycles. The van der Waals surface area contributed by atoms with Gasteiger partial charge in [0.25, 0.3) is 0 Å². The summed E-state index contributed by atoms with van der Waals surface area (Å²) in [4.78, 5) is 2.05. The molecule has 0 spiro atoms. The molecule has 0 atom stereocenters. The molecule has 94 valence electrons. The zero-order chi connectivity index (χ0) is 13.0. The van der Waals surface area contributed by atoms with E-state index in [0.717, 1.165) is 22.9 Å². The number of ether oxygens (including phenoxy) is 1. The van der Waals surface area contributed by atoms with Crippen LogP contribution in [-0.2, 0) is 0 Å². The molecule has 0 amide bonds. The summed E-state index contributed by atoms with van der Waals surface area (Å²) in [5.41, 5.74) is 2.20. The Labute approximate surface area is 108 Å². The minimum absolute atomic E-state index is 0.838. The zero-order valence-electron chi connectivity index (χ0n) is 11.0. The van der Waals surface area contributed by atoms with Crippen LogP contribution in [0.1, 0.15) is 0 Å². The fourth-order valence-electron chi connectivity index (χ4n) is 1.65. The Kier molecular flexibility index (Phi) is 3.72. The second-order valence-electron chi connectivity index (χ2n) is 4.27. The molecule has 0 saturated heterocycles. The maximum atomic E-state index is 5.81. The normalized spacial score (nSPS) is 9.94. The predicted molar refractivity (Wildman–Crippen MR) is 76.8 cm³/mol. The molecular formula is C15H18N2O. The summed E-state index contributed by atoms with van der Waals surface area (Å²) >= 11 is 0. The summed E-state index contributed by atoms with van der Waals surface area (Å²) in [6.07, 6.45) is 0. The van der Waals surface area contributed by atoms with Gasteiger partial charge in [-0.25, -0.2) is 0 Å². The van der Waals surface area contributed by atoms with Crippen molar-refractivity contribution in [2.45, 2.75) is 0 Å². The van der Waals surface area contributed by atoms with E-state index >= 15 is 0 Å². The van der Waals surface area contributed by atoms with Crippen LogP contribution in [-0.4, -0.2) is 21.1 Å². The van der Waals surface area contributed by atoms with E-state index in [1.807, 2.05) is 63.6 Å². The Balaban J connectivity index is 2.15. The van der Waals surface area contributed by atoms with Gasteiger partial charge in [0.15, 0.2) is 0 Å². The summed E-state index contributed by atoms with van der Waals surface area (Å²) in [6.45, 7) is 0. The number of hydrogen-bond acceptors (Lipinski definition) is 3. The highest BCUT2D eigenvalue weighted by Crippen LogP contribution is 2.25. The number of hydrogen-bond donors (Lipinski definition) is 1. The molecular weight excluding hydrogens is 224 g/mol. The standard InChI is InChI=1S/C15H18N2O/c1-16-12-7-9-14(10-8-12)18-15-6-4-5-13(11-15)17(2)3/h4-11,16H,1-3H3. The van der Waals surface area contributed by atoms with Crippen molar-refractivity contribution in [3.8, 4) is 11.5 Å². The first kappa shape index (κ1) is 12.3. The molecule has 2 rings (SSSR count). The van der Waals surface area contributed by atoms with Crippen LogP contribution in [0.4, 0.5) is 11.4 Å². The Bertz CT molecular complexity index is 506. The molecule has 0 fully saturated rings. The monoisotopic (exact) mass is 242 g/mol. The number of nitrogens with zero attached hydrogens (tertiary/aromatic N) is 1. The number of anilines is 2. The highest BCUT2D eigenvalue weighted by molar-refractivity contribution is 5.51. The summed E-state index contributed by atoms with van der Waals surface area (Å²) in [7, 11) is 5.93. The van der Waals surface area contributed by atoms with Gasteiger partial charge in [-0.1, -0.05) is 6.07 Å². The highest BCUT2D eigenvalue weighted by Gasteiger charge is 2.00. The van der Waals surface area contributed by atoms with Crippen molar-refractivity contribution in [1.29, 1.82) is 0 Å². The molecule has 0 unspecified atom stereocenters. The second kappa shape index (κ2) is 5.45. The summed E-state index contributed by atoms with van der Waals surface area (Å²) in [5, 5.41) is 3.08. The van der Waals surface area contributed by atoms with Gasteiger partial charge < -0.3 is 15.0 Å². The van der Waals surface area contributed by atoms with Crippen LogP contribution >= 0.6 is 0 Å². The lowest BCUT2D eigenvalue weighted by atomic mass is 10.2. The van der Waals surface area contributed by atoms with Gasteiger partial charge >= 0.3 is 0 Å². The minimum atomic E-state index is 0.838. The largest absolute Gasteiger partial charge is 0.457 e. The fraction of sp³-hybridized carbons (Fsp3) is 0.200. The first-order valence-electron chi connectivity index (χ1n) is 5.92. The van der Waals surface area contributed by atoms with Gasteiger partial charge in [-0.05, 0) is 36.4 Å². The maximum absolute atomic E-state index is 5.81. The first-order chi connectivity index (χ1) is 8.69. The van der Waals surface area contributed by atoms with Gasteiger partial charge in [-0.2, -0.15) is 0 Å². The van der Waals surface area contributed by atoms with Gasteiger partial charge in [-0.15, -0.1) is 0 Å². The molecule has 0 aliphatic rings. The van der Waals surface area contributed by atoms with E-state index < -0.39 is 0 Å². The summed E-state index contributed by atoms with van der Waals surface area (Å²) in [6, 6.07) is 15.9. The number of nitrogens with one attached hydrogen (secondary N) is 1. The van der Waals surface area contributed by atoms with Crippen molar-refractivity contribution in [1.82, 2.24) is 0 Å². The van der Waals surface area contributed by atoms with Crippen molar-refractivity contribution < 1.29 is 4.74 Å². The Morgan fingerprint density at radius 3 is 2.28 bits per heavy atom. The van der Waals surface area contributed by atoms with Crippen LogP contribution in [0.3, 0.4) is 0 Å². The topological polar surface area (TPSA) is 24.5 Å². The third-order valence-electron chi connectivity index (χ3n) is 2.71. The predicted octanol–water partition coefficient (Wildman–Crippen LogP) is 3.59. The Hall–Kier alpha value is -2.16. The van der Waals surface area contributed by atoms with E-state index in [1.54, 1.807) is 0 Å². The van der Waals surface area contributed by atoms with E-state index in [0.29, 0.717) is 0 Å². The fourth-order valence-corrected chi connectivity index (χ4v) is 1.65. The molecule has 0 saturated carbocycles. The smallest absolute Gasteiger partial charge is 0.129 e. The van der Waals surface area contributed by atoms with Gasteiger partial charge in [0.1, 0.15) is 11.5 Å². The molecule has 0 aliphatic heterocycles. The molecule has 3 heteroatoms. The second-order valence-corrected chi connectivity index (χ2v) is 4.27. The van der Waals surface area contributed by atoms with Gasteiger partial charge in [0, 0.05) is 38.6 Å². The van der Waals surface area contributed by atoms with Crippen LogP contribution in [0.5, 0.6) is 11.5 Å². The van der Waals surface area contributed by atoms with Crippen LogP contribution in [0.15, 0.2) is 48.5 Å². The molecule has 18 heavy (non-hydrogen) atoms. The van der Waals surface area contributed by atoms with E-state index in [-0.39, 0.29) is 0 Å². The minimum Gasteiger partial charge on any atom is -0.457 e. The van der Waals surface area contributed by atoms with E-state index in [4.69, 9.17) is 4.74 Å². The average Bonchev–Trinajstić information content (AvgIpc) is 2.40. The number of rotatable bonds is 4. The average molecular weight is 242 g/mol. The van der Waals surface area contributed by atoms with Crippen molar-refractivity contribution in [2.24, 2.45) is 0 Å². The van der Waals surface area contributed by atoms with Crippen molar-refractivity contribution in [2.75, 3.05) is 31.4 Å². The van der Waals surface area contributed by atoms with Gasteiger partial charge in [0.05, 0.1) is 0 Å². The lowest BCUT2D eigenvalue weighted by Gasteiger charge is -2.14. The van der Waals surface area contributed by atoms with Crippen molar-refractivity contribution >= 4 is 11.4 Å². The van der Waals surface area contributed by atoms with Crippen LogP contribution < -0.4 is 15.0 Å². The summed E-state index contributed by atoms with van der Waals surface area (Å²) < 4.78 is 5.81. The quantitative estimate of drug-likeness (QED) is 0.886. The zero-order valence-corrected chi connectivity index (χ0v) is 11.0.